The maximum Gasteiger partial charge on any atom is 0.272 e. The average molecular weight is 404 g/mol. The number of fused-ring (bicyclic) bond motifs is 1. The number of nitrogens with zero attached hydrogens (tertiary/aromatic N) is 5. The molecule has 7 nitrogen and oxygen atoms in total. The minimum absolute atomic E-state index is 0.00847. The van der Waals surface area contributed by atoms with E-state index in [0.717, 1.165) is 24.3 Å². The standard InChI is InChI=1S/C22H21FN6O/c1-15-5-9-27-12-8-24-21(20(15)27)28-10-6-17(14-28)25-22(30)19-7-11-29(26-19)18-4-2-3-16(23)13-18/h2-5,7-9,11-13,17H,6,10,14H2,1H3,(H,25,30). The lowest BCUT2D eigenvalue weighted by Gasteiger charge is -2.19. The van der Waals surface area contributed by atoms with Crippen LogP contribution in [0.2, 0.25) is 0 Å². The van der Waals surface area contributed by atoms with Gasteiger partial charge in [-0.05, 0) is 49.2 Å². The summed E-state index contributed by atoms with van der Waals surface area (Å²) in [6.45, 7) is 3.58. The van der Waals surface area contributed by atoms with Gasteiger partial charge in [0.05, 0.1) is 11.2 Å². The second-order valence-electron chi connectivity index (χ2n) is 7.54. The second kappa shape index (κ2) is 7.29. The highest BCUT2D eigenvalue weighted by Crippen LogP contribution is 2.26. The number of nitrogens with one attached hydrogen (secondary N) is 1. The molecule has 1 aliphatic heterocycles. The lowest BCUT2D eigenvalue weighted by Crippen LogP contribution is -2.37. The van der Waals surface area contributed by atoms with E-state index in [0.29, 0.717) is 17.9 Å². The molecule has 1 aromatic carbocycles. The van der Waals surface area contributed by atoms with Gasteiger partial charge in [0.25, 0.3) is 5.91 Å². The van der Waals surface area contributed by atoms with E-state index in [2.05, 4.69) is 37.7 Å². The van der Waals surface area contributed by atoms with E-state index < -0.39 is 0 Å². The van der Waals surface area contributed by atoms with Crippen LogP contribution in [0.1, 0.15) is 22.5 Å². The first-order chi connectivity index (χ1) is 14.6. The molecule has 0 bridgehead atoms. The van der Waals surface area contributed by atoms with Crippen molar-refractivity contribution in [1.82, 2.24) is 24.5 Å². The van der Waals surface area contributed by atoms with Crippen molar-refractivity contribution in [1.29, 1.82) is 0 Å². The molecule has 8 heteroatoms. The summed E-state index contributed by atoms with van der Waals surface area (Å²) in [5, 5.41) is 7.36. The van der Waals surface area contributed by atoms with Crippen LogP contribution < -0.4 is 10.2 Å². The van der Waals surface area contributed by atoms with Crippen molar-refractivity contribution in [2.75, 3.05) is 18.0 Å². The number of hydrogen-bond acceptors (Lipinski definition) is 4. The number of rotatable bonds is 4. The Labute approximate surface area is 172 Å². The summed E-state index contributed by atoms with van der Waals surface area (Å²) < 4.78 is 17.0. The molecule has 4 heterocycles. The first-order valence-electron chi connectivity index (χ1n) is 9.88. The van der Waals surface area contributed by atoms with Gasteiger partial charge in [-0.3, -0.25) is 4.79 Å². The summed E-state index contributed by atoms with van der Waals surface area (Å²) >= 11 is 0. The summed E-state index contributed by atoms with van der Waals surface area (Å²) in [6.07, 6.45) is 8.26. The van der Waals surface area contributed by atoms with E-state index >= 15 is 0 Å². The Morgan fingerprint density at radius 2 is 2.10 bits per heavy atom. The maximum atomic E-state index is 13.4. The molecule has 1 saturated heterocycles. The molecule has 5 rings (SSSR count). The van der Waals surface area contributed by atoms with E-state index in [4.69, 9.17) is 0 Å². The van der Waals surface area contributed by atoms with Crippen molar-refractivity contribution in [3.05, 3.63) is 78.3 Å². The molecular weight excluding hydrogens is 383 g/mol. The zero-order chi connectivity index (χ0) is 20.7. The van der Waals surface area contributed by atoms with Crippen LogP contribution in [0.4, 0.5) is 10.2 Å². The van der Waals surface area contributed by atoms with E-state index in [1.807, 2.05) is 12.4 Å². The van der Waals surface area contributed by atoms with E-state index in [-0.39, 0.29) is 17.8 Å². The van der Waals surface area contributed by atoms with E-state index in [9.17, 15) is 9.18 Å². The molecule has 0 saturated carbocycles. The van der Waals surface area contributed by atoms with Gasteiger partial charge in [0.15, 0.2) is 11.5 Å². The van der Waals surface area contributed by atoms with Crippen molar-refractivity contribution in [2.45, 2.75) is 19.4 Å². The Balaban J connectivity index is 1.28. The average Bonchev–Trinajstić information content (AvgIpc) is 3.48. The van der Waals surface area contributed by atoms with Gasteiger partial charge in [-0.2, -0.15) is 5.10 Å². The third kappa shape index (κ3) is 3.30. The molecule has 1 atom stereocenters. The minimum Gasteiger partial charge on any atom is -0.353 e. The van der Waals surface area contributed by atoms with E-state index in [1.165, 1.54) is 22.4 Å². The van der Waals surface area contributed by atoms with Gasteiger partial charge >= 0.3 is 0 Å². The fourth-order valence-corrected chi connectivity index (χ4v) is 3.97. The molecule has 0 spiro atoms. The monoisotopic (exact) mass is 404 g/mol. The van der Waals surface area contributed by atoms with Crippen molar-refractivity contribution >= 4 is 17.2 Å². The summed E-state index contributed by atoms with van der Waals surface area (Å²) in [5.41, 5.74) is 3.15. The minimum atomic E-state index is -0.345. The molecule has 1 fully saturated rings. The number of amides is 1. The zero-order valence-electron chi connectivity index (χ0n) is 16.5. The van der Waals surface area contributed by atoms with Crippen molar-refractivity contribution in [3.63, 3.8) is 0 Å². The Hall–Kier alpha value is -3.68. The number of benzene rings is 1. The number of halogens is 1. The smallest absolute Gasteiger partial charge is 0.272 e. The Morgan fingerprint density at radius 3 is 2.97 bits per heavy atom. The molecule has 3 aromatic heterocycles. The highest BCUT2D eigenvalue weighted by atomic mass is 19.1. The van der Waals surface area contributed by atoms with Crippen LogP contribution in [0.5, 0.6) is 0 Å². The van der Waals surface area contributed by atoms with Crippen LogP contribution in [-0.2, 0) is 0 Å². The first kappa shape index (κ1) is 18.4. The van der Waals surface area contributed by atoms with Crippen molar-refractivity contribution < 1.29 is 9.18 Å². The van der Waals surface area contributed by atoms with Gasteiger partial charge in [-0.15, -0.1) is 0 Å². The Bertz CT molecular complexity index is 1230. The molecule has 0 aliphatic carbocycles. The molecule has 30 heavy (non-hydrogen) atoms. The Morgan fingerprint density at radius 1 is 1.20 bits per heavy atom. The number of aromatic nitrogens is 4. The second-order valence-corrected chi connectivity index (χ2v) is 7.54. The van der Waals surface area contributed by atoms with Gasteiger partial charge in [0.1, 0.15) is 5.82 Å². The summed E-state index contributed by atoms with van der Waals surface area (Å²) in [4.78, 5) is 19.5. The summed E-state index contributed by atoms with van der Waals surface area (Å²) in [5.74, 6) is 0.357. The van der Waals surface area contributed by atoms with Gasteiger partial charge in [0.2, 0.25) is 0 Å². The van der Waals surface area contributed by atoms with Crippen LogP contribution >= 0.6 is 0 Å². The predicted molar refractivity (Wildman–Crippen MR) is 112 cm³/mol. The molecule has 0 radical (unpaired) electrons. The highest BCUT2D eigenvalue weighted by Gasteiger charge is 2.27. The van der Waals surface area contributed by atoms with Crippen LogP contribution in [0, 0.1) is 12.7 Å². The van der Waals surface area contributed by atoms with Gasteiger partial charge in [-0.1, -0.05) is 6.07 Å². The van der Waals surface area contributed by atoms with Crippen LogP contribution in [0.3, 0.4) is 0 Å². The van der Waals surface area contributed by atoms with Crippen LogP contribution in [0.25, 0.3) is 11.2 Å². The Kier molecular flexibility index (Phi) is 4.46. The highest BCUT2D eigenvalue weighted by molar-refractivity contribution is 5.92. The number of hydrogen-bond donors (Lipinski definition) is 1. The summed E-state index contributed by atoms with van der Waals surface area (Å²) in [7, 11) is 0. The van der Waals surface area contributed by atoms with Crippen molar-refractivity contribution in [2.24, 2.45) is 0 Å². The van der Waals surface area contributed by atoms with Crippen molar-refractivity contribution in [3.8, 4) is 5.69 Å². The zero-order valence-corrected chi connectivity index (χ0v) is 16.5. The van der Waals surface area contributed by atoms with Gasteiger partial charge < -0.3 is 14.6 Å². The number of aryl methyl sites for hydroxylation is 1. The molecule has 1 unspecified atom stereocenters. The van der Waals surface area contributed by atoms with Crippen LogP contribution in [0.15, 0.2) is 61.2 Å². The lowest BCUT2D eigenvalue weighted by molar-refractivity contribution is 0.0935. The third-order valence-corrected chi connectivity index (χ3v) is 5.47. The molecule has 152 valence electrons. The van der Waals surface area contributed by atoms with Crippen LogP contribution in [-0.4, -0.2) is 44.2 Å². The van der Waals surface area contributed by atoms with E-state index in [1.54, 1.807) is 30.6 Å². The fraction of sp³-hybridized carbons (Fsp3) is 0.227. The topological polar surface area (TPSA) is 67.5 Å². The molecular formula is C22H21FN6O. The lowest BCUT2D eigenvalue weighted by atomic mass is 10.2. The predicted octanol–water partition coefficient (Wildman–Crippen LogP) is 2.98. The molecule has 1 aliphatic rings. The molecule has 1 amide bonds. The quantitative estimate of drug-likeness (QED) is 0.568. The number of anilines is 1. The van der Waals surface area contributed by atoms with Gasteiger partial charge in [-0.25, -0.2) is 14.1 Å². The van der Waals surface area contributed by atoms with Gasteiger partial charge in [0, 0.05) is 43.9 Å². The largest absolute Gasteiger partial charge is 0.353 e. The third-order valence-electron chi connectivity index (χ3n) is 5.47. The first-order valence-corrected chi connectivity index (χ1v) is 9.88. The molecule has 1 N–H and O–H groups in total. The number of carbonyl (C=O) groups is 1. The number of carbonyl (C=O) groups excluding carboxylic acids is 1. The summed E-state index contributed by atoms with van der Waals surface area (Å²) in [6, 6.07) is 9.82. The fourth-order valence-electron chi connectivity index (χ4n) is 3.97. The SMILES string of the molecule is Cc1ccn2ccnc(N3CCC(NC(=O)c4ccn(-c5cccc(F)c5)n4)C3)c12. The normalized spacial score (nSPS) is 16.3. The molecule has 4 aromatic rings. The maximum absolute atomic E-state index is 13.4.